The number of hydrogen-bond acceptors (Lipinski definition) is 4. The Hall–Kier alpha value is -0.780. The molecular weight excluding hydrogens is 236 g/mol. The molecule has 1 amide bonds. The van der Waals surface area contributed by atoms with Gasteiger partial charge in [-0.1, -0.05) is 11.6 Å². The van der Waals surface area contributed by atoms with E-state index in [-0.39, 0.29) is 5.91 Å². The fraction of sp³-hybridized carbons (Fsp3) is 0.333. The lowest BCUT2D eigenvalue weighted by molar-refractivity contribution is -0.0762. The monoisotopic (exact) mass is 246 g/mol. The number of rotatable bonds is 3. The van der Waals surface area contributed by atoms with Gasteiger partial charge in [0, 0.05) is 11.9 Å². The summed E-state index contributed by atoms with van der Waals surface area (Å²) < 4.78 is 0. The number of halogens is 1. The Bertz CT molecular complexity index is 373. The van der Waals surface area contributed by atoms with Crippen LogP contribution in [-0.4, -0.2) is 36.4 Å². The summed E-state index contributed by atoms with van der Waals surface area (Å²) in [6.45, 7) is 0. The molecule has 82 valence electrons. The Labute approximate surface area is 97.5 Å². The molecule has 0 unspecified atom stereocenters. The molecule has 0 N–H and O–H groups in total. The van der Waals surface area contributed by atoms with Crippen LogP contribution >= 0.6 is 23.4 Å². The first-order valence-corrected chi connectivity index (χ1v) is 5.73. The predicted octanol–water partition coefficient (Wildman–Crippen LogP) is 2.09. The van der Waals surface area contributed by atoms with Crippen molar-refractivity contribution in [1.29, 1.82) is 0 Å². The molecule has 0 aromatic carbocycles. The van der Waals surface area contributed by atoms with Crippen LogP contribution in [-0.2, 0) is 4.84 Å². The summed E-state index contributed by atoms with van der Waals surface area (Å²) in [5.41, 5.74) is 0.305. The van der Waals surface area contributed by atoms with Crippen molar-refractivity contribution in [3.8, 4) is 0 Å². The SMILES string of the molecule is CON(C)C(=O)c1nc(Cl)ccc1SC. The molecule has 0 spiro atoms. The third kappa shape index (κ3) is 2.84. The Morgan fingerprint density at radius 1 is 1.60 bits per heavy atom. The maximum Gasteiger partial charge on any atom is 0.296 e. The number of hydrogen-bond donors (Lipinski definition) is 0. The average molecular weight is 247 g/mol. The second-order valence-electron chi connectivity index (χ2n) is 2.67. The van der Waals surface area contributed by atoms with Crippen LogP contribution in [0.5, 0.6) is 0 Å². The number of nitrogens with zero attached hydrogens (tertiary/aromatic N) is 2. The van der Waals surface area contributed by atoms with Crippen LogP contribution < -0.4 is 0 Å². The van der Waals surface area contributed by atoms with E-state index >= 15 is 0 Å². The number of hydroxylamine groups is 2. The zero-order valence-corrected chi connectivity index (χ0v) is 10.2. The highest BCUT2D eigenvalue weighted by atomic mass is 35.5. The van der Waals surface area contributed by atoms with Gasteiger partial charge in [-0.15, -0.1) is 11.8 Å². The number of carbonyl (C=O) groups is 1. The lowest BCUT2D eigenvalue weighted by Gasteiger charge is -2.14. The van der Waals surface area contributed by atoms with Gasteiger partial charge < -0.3 is 0 Å². The summed E-state index contributed by atoms with van der Waals surface area (Å²) in [5, 5.41) is 1.40. The molecule has 0 radical (unpaired) electrons. The maximum absolute atomic E-state index is 11.8. The van der Waals surface area contributed by atoms with E-state index in [1.54, 1.807) is 12.1 Å². The van der Waals surface area contributed by atoms with Crippen LogP contribution in [0.25, 0.3) is 0 Å². The van der Waals surface area contributed by atoms with Crippen molar-refractivity contribution in [2.75, 3.05) is 20.4 Å². The molecule has 0 fully saturated rings. The minimum Gasteiger partial charge on any atom is -0.274 e. The lowest BCUT2D eigenvalue weighted by atomic mass is 10.3. The lowest BCUT2D eigenvalue weighted by Crippen LogP contribution is -2.26. The fourth-order valence-electron chi connectivity index (χ4n) is 0.973. The molecule has 0 atom stereocenters. The van der Waals surface area contributed by atoms with Crippen molar-refractivity contribution >= 4 is 29.3 Å². The zero-order chi connectivity index (χ0) is 11.4. The summed E-state index contributed by atoms with van der Waals surface area (Å²) in [4.78, 5) is 21.3. The van der Waals surface area contributed by atoms with Gasteiger partial charge in [0.2, 0.25) is 0 Å². The largest absolute Gasteiger partial charge is 0.296 e. The normalized spacial score (nSPS) is 10.1. The Morgan fingerprint density at radius 3 is 2.80 bits per heavy atom. The second kappa shape index (κ2) is 5.34. The summed E-state index contributed by atoms with van der Waals surface area (Å²) >= 11 is 7.17. The first-order chi connectivity index (χ1) is 7.10. The average Bonchev–Trinajstić information content (AvgIpc) is 2.27. The van der Waals surface area contributed by atoms with Crippen molar-refractivity contribution in [2.45, 2.75) is 4.90 Å². The molecule has 1 aromatic rings. The molecule has 0 bridgehead atoms. The molecule has 0 aliphatic heterocycles. The van der Waals surface area contributed by atoms with Crippen molar-refractivity contribution < 1.29 is 9.63 Å². The fourth-order valence-corrected chi connectivity index (χ4v) is 1.65. The topological polar surface area (TPSA) is 42.4 Å². The van der Waals surface area contributed by atoms with Gasteiger partial charge in [-0.2, -0.15) is 0 Å². The van der Waals surface area contributed by atoms with E-state index in [0.717, 1.165) is 9.96 Å². The summed E-state index contributed by atoms with van der Waals surface area (Å²) in [6, 6.07) is 3.41. The molecule has 1 rings (SSSR count). The Balaban J connectivity index is 3.11. The molecule has 0 saturated heterocycles. The molecule has 6 heteroatoms. The number of carbonyl (C=O) groups excluding carboxylic acids is 1. The quantitative estimate of drug-likeness (QED) is 0.465. The molecule has 1 heterocycles. The van der Waals surface area contributed by atoms with Gasteiger partial charge in [0.05, 0.1) is 7.11 Å². The van der Waals surface area contributed by atoms with E-state index in [1.807, 2.05) is 6.26 Å². The van der Waals surface area contributed by atoms with Gasteiger partial charge in [-0.25, -0.2) is 10.0 Å². The number of thioether (sulfide) groups is 1. The van der Waals surface area contributed by atoms with Crippen LogP contribution in [0.1, 0.15) is 10.5 Å². The van der Waals surface area contributed by atoms with Crippen LogP contribution in [0.2, 0.25) is 5.15 Å². The zero-order valence-electron chi connectivity index (χ0n) is 8.65. The van der Waals surface area contributed by atoms with Crippen LogP contribution in [0.15, 0.2) is 17.0 Å². The smallest absolute Gasteiger partial charge is 0.274 e. The van der Waals surface area contributed by atoms with Crippen molar-refractivity contribution in [1.82, 2.24) is 10.0 Å². The van der Waals surface area contributed by atoms with E-state index in [0.29, 0.717) is 10.8 Å². The number of amides is 1. The molecule has 0 aliphatic carbocycles. The Morgan fingerprint density at radius 2 is 2.27 bits per heavy atom. The van der Waals surface area contributed by atoms with Gasteiger partial charge in [0.1, 0.15) is 10.8 Å². The van der Waals surface area contributed by atoms with Gasteiger partial charge in [0.15, 0.2) is 0 Å². The predicted molar refractivity (Wildman–Crippen MR) is 60.1 cm³/mol. The van der Waals surface area contributed by atoms with E-state index in [1.165, 1.54) is 25.9 Å². The first-order valence-electron chi connectivity index (χ1n) is 4.13. The van der Waals surface area contributed by atoms with Crippen molar-refractivity contribution in [3.05, 3.63) is 23.0 Å². The van der Waals surface area contributed by atoms with Gasteiger partial charge >= 0.3 is 0 Å². The minimum absolute atomic E-state index is 0.292. The van der Waals surface area contributed by atoms with E-state index in [4.69, 9.17) is 16.4 Å². The molecule has 0 saturated carbocycles. The third-order valence-corrected chi connectivity index (χ3v) is 2.79. The van der Waals surface area contributed by atoms with Crippen LogP contribution in [0, 0.1) is 0 Å². The van der Waals surface area contributed by atoms with Crippen molar-refractivity contribution in [3.63, 3.8) is 0 Å². The first kappa shape index (κ1) is 12.3. The third-order valence-electron chi connectivity index (χ3n) is 1.81. The molecular formula is C9H11ClN2O2S. The van der Waals surface area contributed by atoms with Gasteiger partial charge in [-0.05, 0) is 18.4 Å². The maximum atomic E-state index is 11.8. The molecule has 0 aliphatic rings. The molecule has 15 heavy (non-hydrogen) atoms. The summed E-state index contributed by atoms with van der Waals surface area (Å²) in [6.07, 6.45) is 1.87. The van der Waals surface area contributed by atoms with Gasteiger partial charge in [0.25, 0.3) is 5.91 Å². The number of aromatic nitrogens is 1. The van der Waals surface area contributed by atoms with Gasteiger partial charge in [-0.3, -0.25) is 9.63 Å². The highest BCUT2D eigenvalue weighted by molar-refractivity contribution is 7.98. The second-order valence-corrected chi connectivity index (χ2v) is 3.91. The van der Waals surface area contributed by atoms with E-state index in [9.17, 15) is 4.79 Å². The van der Waals surface area contributed by atoms with Crippen LogP contribution in [0.4, 0.5) is 0 Å². The summed E-state index contributed by atoms with van der Waals surface area (Å²) in [7, 11) is 2.94. The highest BCUT2D eigenvalue weighted by Gasteiger charge is 2.17. The summed E-state index contributed by atoms with van der Waals surface area (Å²) in [5.74, 6) is -0.315. The van der Waals surface area contributed by atoms with E-state index < -0.39 is 0 Å². The standard InChI is InChI=1S/C9H11ClN2O2S/c1-12(14-2)9(13)8-6(15-3)4-5-7(10)11-8/h4-5H,1-3H3. The Kier molecular flexibility index (Phi) is 4.38. The van der Waals surface area contributed by atoms with Crippen LogP contribution in [0.3, 0.4) is 0 Å². The number of pyridine rings is 1. The molecule has 1 aromatic heterocycles. The minimum atomic E-state index is -0.315. The van der Waals surface area contributed by atoms with E-state index in [2.05, 4.69) is 4.98 Å². The van der Waals surface area contributed by atoms with Crippen molar-refractivity contribution in [2.24, 2.45) is 0 Å². The molecule has 4 nitrogen and oxygen atoms in total. The highest BCUT2D eigenvalue weighted by Crippen LogP contribution is 2.21.